The highest BCUT2D eigenvalue weighted by Crippen LogP contribution is 2.30. The van der Waals surface area contributed by atoms with Crippen molar-refractivity contribution in [3.63, 3.8) is 0 Å². The third-order valence-electron chi connectivity index (χ3n) is 5.76. The van der Waals surface area contributed by atoms with Gasteiger partial charge < -0.3 is 15.0 Å². The van der Waals surface area contributed by atoms with Gasteiger partial charge in [0.05, 0.1) is 10.6 Å². The Hall–Kier alpha value is -3.79. The van der Waals surface area contributed by atoms with Crippen LogP contribution in [0.1, 0.15) is 18.4 Å². The Morgan fingerprint density at radius 2 is 1.94 bits per heavy atom. The van der Waals surface area contributed by atoms with Crippen LogP contribution in [0.25, 0.3) is 11.3 Å². The van der Waals surface area contributed by atoms with E-state index in [1.807, 2.05) is 18.2 Å². The number of benzene rings is 2. The first-order valence-electron chi connectivity index (χ1n) is 10.9. The van der Waals surface area contributed by atoms with Gasteiger partial charge in [0, 0.05) is 41.6 Å². The molecular weight excluding hydrogens is 456 g/mol. The van der Waals surface area contributed by atoms with Crippen LogP contribution in [0, 0.1) is 23.0 Å². The topological polar surface area (TPSA) is 115 Å². The molecule has 176 valence electrons. The van der Waals surface area contributed by atoms with Crippen molar-refractivity contribution in [2.24, 2.45) is 5.92 Å². The van der Waals surface area contributed by atoms with E-state index in [1.165, 1.54) is 17.4 Å². The number of thiazole rings is 1. The van der Waals surface area contributed by atoms with Crippen molar-refractivity contribution in [2.45, 2.75) is 19.8 Å². The molecule has 2 amide bonds. The summed E-state index contributed by atoms with van der Waals surface area (Å²) in [5, 5.41) is 16.2. The minimum Gasteiger partial charge on any atom is -0.484 e. The Kier molecular flexibility index (Phi) is 7.17. The van der Waals surface area contributed by atoms with Gasteiger partial charge in [-0.15, -0.1) is 11.3 Å². The number of carbonyl (C=O) groups is 2. The minimum absolute atomic E-state index is 0.0278. The second-order valence-electron chi connectivity index (χ2n) is 8.04. The fourth-order valence-electron chi connectivity index (χ4n) is 3.78. The van der Waals surface area contributed by atoms with E-state index in [9.17, 15) is 19.7 Å². The Morgan fingerprint density at radius 3 is 2.65 bits per heavy atom. The summed E-state index contributed by atoms with van der Waals surface area (Å²) in [5.74, 6) is 0.197. The highest BCUT2D eigenvalue weighted by atomic mass is 32.1. The lowest BCUT2D eigenvalue weighted by molar-refractivity contribution is -0.385. The summed E-state index contributed by atoms with van der Waals surface area (Å²) < 4.78 is 5.53. The molecule has 9 nitrogen and oxygen atoms in total. The van der Waals surface area contributed by atoms with E-state index in [0.717, 1.165) is 0 Å². The highest BCUT2D eigenvalue weighted by Gasteiger charge is 2.28. The lowest BCUT2D eigenvalue weighted by Gasteiger charge is -2.31. The monoisotopic (exact) mass is 480 g/mol. The number of hydrogen-bond acceptors (Lipinski definition) is 7. The number of likely N-dealkylation sites (tertiary alicyclic amines) is 1. The molecule has 1 saturated heterocycles. The van der Waals surface area contributed by atoms with Crippen molar-refractivity contribution in [3.8, 4) is 17.0 Å². The van der Waals surface area contributed by atoms with Crippen molar-refractivity contribution in [2.75, 3.05) is 25.0 Å². The molecule has 0 aliphatic carbocycles. The molecule has 0 radical (unpaired) electrons. The number of anilines is 1. The van der Waals surface area contributed by atoms with Crippen LogP contribution in [0.15, 0.2) is 53.9 Å². The normalized spacial score (nSPS) is 14.0. The summed E-state index contributed by atoms with van der Waals surface area (Å²) in [5.41, 5.74) is 1.81. The number of aryl methyl sites for hydroxylation is 1. The molecule has 1 aromatic heterocycles. The minimum atomic E-state index is -0.418. The molecule has 0 spiro atoms. The predicted molar refractivity (Wildman–Crippen MR) is 129 cm³/mol. The van der Waals surface area contributed by atoms with Gasteiger partial charge in [0.1, 0.15) is 5.75 Å². The summed E-state index contributed by atoms with van der Waals surface area (Å²) in [4.78, 5) is 42.1. The van der Waals surface area contributed by atoms with E-state index in [-0.39, 0.29) is 30.0 Å². The van der Waals surface area contributed by atoms with E-state index in [4.69, 9.17) is 4.74 Å². The van der Waals surface area contributed by atoms with Crippen LogP contribution in [-0.4, -0.2) is 46.3 Å². The van der Waals surface area contributed by atoms with Crippen molar-refractivity contribution in [1.29, 1.82) is 0 Å². The summed E-state index contributed by atoms with van der Waals surface area (Å²) in [6.45, 7) is 2.64. The van der Waals surface area contributed by atoms with Crippen LogP contribution in [0.2, 0.25) is 0 Å². The number of nitro benzene ring substituents is 1. The maximum atomic E-state index is 12.7. The average Bonchev–Trinajstić information content (AvgIpc) is 3.31. The zero-order valence-corrected chi connectivity index (χ0v) is 19.4. The van der Waals surface area contributed by atoms with Gasteiger partial charge in [0.15, 0.2) is 11.7 Å². The summed E-state index contributed by atoms with van der Waals surface area (Å²) in [7, 11) is 0. The Bertz CT molecular complexity index is 1190. The Labute approximate surface area is 200 Å². The third kappa shape index (κ3) is 5.57. The van der Waals surface area contributed by atoms with Crippen molar-refractivity contribution in [1.82, 2.24) is 9.88 Å². The molecule has 2 aromatic carbocycles. The van der Waals surface area contributed by atoms with E-state index in [2.05, 4.69) is 10.3 Å². The fourth-order valence-corrected chi connectivity index (χ4v) is 4.50. The van der Waals surface area contributed by atoms with E-state index in [1.54, 1.807) is 41.5 Å². The maximum absolute atomic E-state index is 12.7. The van der Waals surface area contributed by atoms with Crippen molar-refractivity contribution >= 4 is 34.0 Å². The number of nitrogens with one attached hydrogen (secondary N) is 1. The van der Waals surface area contributed by atoms with Gasteiger partial charge in [-0.2, -0.15) is 0 Å². The molecule has 0 atom stereocenters. The van der Waals surface area contributed by atoms with E-state index in [0.29, 0.717) is 53.6 Å². The molecule has 34 heavy (non-hydrogen) atoms. The first-order chi connectivity index (χ1) is 16.4. The lowest BCUT2D eigenvalue weighted by Crippen LogP contribution is -2.43. The number of para-hydroxylation sites is 1. The van der Waals surface area contributed by atoms with Crippen LogP contribution in [-0.2, 0) is 9.59 Å². The fraction of sp³-hybridized carbons (Fsp3) is 0.292. The second-order valence-corrected chi connectivity index (χ2v) is 8.90. The van der Waals surface area contributed by atoms with E-state index < -0.39 is 4.92 Å². The molecule has 1 fully saturated rings. The van der Waals surface area contributed by atoms with Gasteiger partial charge in [-0.05, 0) is 31.9 Å². The first kappa shape index (κ1) is 23.4. The van der Waals surface area contributed by atoms with Gasteiger partial charge >= 0.3 is 0 Å². The summed E-state index contributed by atoms with van der Waals surface area (Å²) in [6.07, 6.45) is 1.12. The van der Waals surface area contributed by atoms with Crippen LogP contribution >= 0.6 is 11.3 Å². The highest BCUT2D eigenvalue weighted by molar-refractivity contribution is 7.14. The van der Waals surface area contributed by atoms with Gasteiger partial charge in [-0.1, -0.05) is 30.3 Å². The molecule has 0 saturated carbocycles. The predicted octanol–water partition coefficient (Wildman–Crippen LogP) is 4.28. The number of piperidine rings is 1. The summed E-state index contributed by atoms with van der Waals surface area (Å²) >= 11 is 1.27. The van der Waals surface area contributed by atoms with Gasteiger partial charge in [0.25, 0.3) is 11.6 Å². The van der Waals surface area contributed by atoms with Crippen molar-refractivity contribution in [3.05, 3.63) is 69.6 Å². The van der Waals surface area contributed by atoms with Crippen LogP contribution in [0.5, 0.6) is 5.75 Å². The molecule has 1 aliphatic rings. The summed E-state index contributed by atoms with van der Waals surface area (Å²) in [6, 6.07) is 14.1. The Morgan fingerprint density at radius 1 is 1.21 bits per heavy atom. The molecule has 10 heteroatoms. The lowest BCUT2D eigenvalue weighted by atomic mass is 9.96. The number of nitrogens with zero attached hydrogens (tertiary/aromatic N) is 3. The number of nitro groups is 1. The average molecular weight is 481 g/mol. The smallest absolute Gasteiger partial charge is 0.272 e. The number of amides is 2. The first-order valence-corrected chi connectivity index (χ1v) is 11.8. The second kappa shape index (κ2) is 10.4. The number of aromatic nitrogens is 1. The van der Waals surface area contributed by atoms with Gasteiger partial charge in [0.2, 0.25) is 5.91 Å². The zero-order chi connectivity index (χ0) is 24.1. The molecule has 4 rings (SSSR count). The van der Waals surface area contributed by atoms with Crippen LogP contribution in [0.4, 0.5) is 10.8 Å². The molecule has 0 bridgehead atoms. The van der Waals surface area contributed by atoms with Crippen LogP contribution in [0.3, 0.4) is 0 Å². The molecule has 0 unspecified atom stereocenters. The number of rotatable bonds is 7. The standard InChI is InChI=1S/C24H24N4O5S/c1-16-7-8-18(13-21(16)28(31)32)20-15-34-24(25-20)26-23(30)17-9-11-27(12-10-17)22(29)14-33-19-5-3-2-4-6-19/h2-8,13,15,17H,9-12,14H2,1H3,(H,25,26,30). The molecule has 1 aliphatic heterocycles. The third-order valence-corrected chi connectivity index (χ3v) is 6.52. The number of hydrogen-bond donors (Lipinski definition) is 1. The molecule has 1 N–H and O–H groups in total. The molecular formula is C24H24N4O5S. The zero-order valence-electron chi connectivity index (χ0n) is 18.6. The quantitative estimate of drug-likeness (QED) is 0.399. The number of carbonyl (C=O) groups excluding carboxylic acids is 2. The number of ether oxygens (including phenoxy) is 1. The Balaban J connectivity index is 1.28. The molecule has 2 heterocycles. The van der Waals surface area contributed by atoms with E-state index >= 15 is 0 Å². The van der Waals surface area contributed by atoms with Crippen molar-refractivity contribution < 1.29 is 19.2 Å². The largest absolute Gasteiger partial charge is 0.484 e. The SMILES string of the molecule is Cc1ccc(-c2csc(NC(=O)C3CCN(C(=O)COc4ccccc4)CC3)n2)cc1[N+](=O)[O-]. The maximum Gasteiger partial charge on any atom is 0.272 e. The molecule has 3 aromatic rings. The van der Waals surface area contributed by atoms with Crippen LogP contribution < -0.4 is 10.1 Å². The van der Waals surface area contributed by atoms with Gasteiger partial charge in [-0.3, -0.25) is 19.7 Å². The van der Waals surface area contributed by atoms with Gasteiger partial charge in [-0.25, -0.2) is 4.98 Å².